The van der Waals surface area contributed by atoms with Crippen LogP contribution in [0.5, 0.6) is 0 Å². The zero-order valence-electron chi connectivity index (χ0n) is 8.11. The van der Waals surface area contributed by atoms with Crippen LogP contribution in [-0.2, 0) is 4.79 Å². The summed E-state index contributed by atoms with van der Waals surface area (Å²) in [6.45, 7) is 0. The van der Waals surface area contributed by atoms with Crippen LogP contribution in [0.4, 0.5) is 8.78 Å². The monoisotopic (exact) mass is 245 g/mol. The molecule has 0 aromatic heterocycles. The van der Waals surface area contributed by atoms with Crippen molar-refractivity contribution in [2.75, 3.05) is 5.75 Å². The molecule has 2 atom stereocenters. The van der Waals surface area contributed by atoms with Crippen molar-refractivity contribution in [3.8, 4) is 0 Å². The fourth-order valence-electron chi connectivity index (χ4n) is 1.52. The van der Waals surface area contributed by atoms with E-state index in [2.05, 4.69) is 5.32 Å². The van der Waals surface area contributed by atoms with Crippen LogP contribution in [0.2, 0.25) is 0 Å². The topological polar surface area (TPSA) is 49.3 Å². The smallest absolute Gasteiger partial charge is 0.321 e. The van der Waals surface area contributed by atoms with Gasteiger partial charge < -0.3 is 5.11 Å². The molecule has 6 heteroatoms. The Morgan fingerprint density at radius 3 is 2.88 bits per heavy atom. The van der Waals surface area contributed by atoms with Gasteiger partial charge in [0.15, 0.2) is 11.6 Å². The van der Waals surface area contributed by atoms with E-state index in [-0.39, 0.29) is 5.56 Å². The number of hydrogen-bond acceptors (Lipinski definition) is 3. The van der Waals surface area contributed by atoms with Gasteiger partial charge in [-0.05, 0) is 6.07 Å². The van der Waals surface area contributed by atoms with Crippen LogP contribution >= 0.6 is 11.8 Å². The number of halogens is 2. The summed E-state index contributed by atoms with van der Waals surface area (Å²) in [5.41, 5.74) is 0.161. The Morgan fingerprint density at radius 2 is 2.25 bits per heavy atom. The normalized spacial score (nSPS) is 24.6. The van der Waals surface area contributed by atoms with Gasteiger partial charge in [-0.1, -0.05) is 12.1 Å². The minimum absolute atomic E-state index is 0.161. The predicted molar refractivity (Wildman–Crippen MR) is 56.1 cm³/mol. The van der Waals surface area contributed by atoms with Crippen molar-refractivity contribution in [2.45, 2.75) is 11.4 Å². The lowest BCUT2D eigenvalue weighted by atomic mass is 10.2. The van der Waals surface area contributed by atoms with E-state index in [0.29, 0.717) is 5.75 Å². The summed E-state index contributed by atoms with van der Waals surface area (Å²) >= 11 is 1.26. The summed E-state index contributed by atoms with van der Waals surface area (Å²) in [5.74, 6) is -2.47. The van der Waals surface area contributed by atoms with E-state index in [1.165, 1.54) is 23.9 Å². The van der Waals surface area contributed by atoms with E-state index in [1.54, 1.807) is 0 Å². The molecular weight excluding hydrogens is 236 g/mol. The van der Waals surface area contributed by atoms with Crippen molar-refractivity contribution in [3.63, 3.8) is 0 Å². The lowest BCUT2D eigenvalue weighted by Gasteiger charge is -2.12. The van der Waals surface area contributed by atoms with Gasteiger partial charge in [-0.15, -0.1) is 11.8 Å². The maximum atomic E-state index is 13.4. The van der Waals surface area contributed by atoms with Gasteiger partial charge in [0.25, 0.3) is 0 Å². The van der Waals surface area contributed by atoms with Gasteiger partial charge in [0, 0.05) is 11.3 Å². The van der Waals surface area contributed by atoms with Crippen molar-refractivity contribution in [1.82, 2.24) is 5.32 Å². The van der Waals surface area contributed by atoms with Crippen molar-refractivity contribution >= 4 is 17.7 Å². The molecule has 0 radical (unpaired) electrons. The molecule has 1 aliphatic rings. The molecule has 2 rings (SSSR count). The number of aliphatic carboxylic acids is 1. The highest BCUT2D eigenvalue weighted by Crippen LogP contribution is 2.34. The molecule has 2 N–H and O–H groups in total. The molecule has 0 spiro atoms. The van der Waals surface area contributed by atoms with Crippen LogP contribution in [0.3, 0.4) is 0 Å². The third-order valence-electron chi connectivity index (χ3n) is 2.34. The molecule has 1 fully saturated rings. The first-order chi connectivity index (χ1) is 7.59. The van der Waals surface area contributed by atoms with Gasteiger partial charge in [-0.3, -0.25) is 10.1 Å². The van der Waals surface area contributed by atoms with Crippen LogP contribution in [0, 0.1) is 11.6 Å². The largest absolute Gasteiger partial charge is 0.480 e. The molecular formula is C10H9F2NO2S. The molecule has 1 saturated heterocycles. The fraction of sp³-hybridized carbons (Fsp3) is 0.300. The summed E-state index contributed by atoms with van der Waals surface area (Å²) in [6.07, 6.45) is 0. The van der Waals surface area contributed by atoms with Gasteiger partial charge in [0.05, 0.1) is 5.37 Å². The highest BCUT2D eigenvalue weighted by molar-refractivity contribution is 7.99. The summed E-state index contributed by atoms with van der Waals surface area (Å²) < 4.78 is 26.4. The number of nitrogens with one attached hydrogen (secondary N) is 1. The van der Waals surface area contributed by atoms with E-state index in [4.69, 9.17) is 5.11 Å². The van der Waals surface area contributed by atoms with Crippen molar-refractivity contribution in [1.29, 1.82) is 0 Å². The van der Waals surface area contributed by atoms with Crippen molar-refractivity contribution < 1.29 is 18.7 Å². The first-order valence-electron chi connectivity index (χ1n) is 4.64. The molecule has 0 saturated carbocycles. The lowest BCUT2D eigenvalue weighted by molar-refractivity contribution is -0.138. The summed E-state index contributed by atoms with van der Waals surface area (Å²) in [6, 6.07) is 3.18. The Labute approximate surface area is 94.8 Å². The zero-order chi connectivity index (χ0) is 11.7. The zero-order valence-corrected chi connectivity index (χ0v) is 8.93. The first-order valence-corrected chi connectivity index (χ1v) is 5.69. The van der Waals surface area contributed by atoms with E-state index < -0.39 is 29.0 Å². The molecule has 1 heterocycles. The van der Waals surface area contributed by atoms with Gasteiger partial charge >= 0.3 is 5.97 Å². The lowest BCUT2D eigenvalue weighted by Crippen LogP contribution is -2.33. The molecule has 1 aliphatic heterocycles. The van der Waals surface area contributed by atoms with E-state index in [9.17, 15) is 13.6 Å². The average Bonchev–Trinajstić information content (AvgIpc) is 2.71. The Balaban J connectivity index is 2.21. The van der Waals surface area contributed by atoms with Crippen LogP contribution in [0.25, 0.3) is 0 Å². The van der Waals surface area contributed by atoms with E-state index >= 15 is 0 Å². The molecule has 0 aliphatic carbocycles. The second-order valence-corrected chi connectivity index (χ2v) is 4.55. The van der Waals surface area contributed by atoms with Crippen molar-refractivity contribution in [2.24, 2.45) is 0 Å². The Kier molecular flexibility index (Phi) is 3.11. The third-order valence-corrected chi connectivity index (χ3v) is 3.59. The molecule has 16 heavy (non-hydrogen) atoms. The number of benzene rings is 1. The SMILES string of the molecule is O=C(O)C1CS[C@@H](c2cccc(F)c2F)N1. The maximum Gasteiger partial charge on any atom is 0.321 e. The molecule has 1 aromatic rings. The Hall–Kier alpha value is -1.14. The Bertz CT molecular complexity index is 427. The molecule has 1 aromatic carbocycles. The summed E-state index contributed by atoms with van der Waals surface area (Å²) in [4.78, 5) is 10.7. The number of carbonyl (C=O) groups is 1. The van der Waals surface area contributed by atoms with Crippen LogP contribution < -0.4 is 5.32 Å². The average molecular weight is 245 g/mol. The highest BCUT2D eigenvalue weighted by Gasteiger charge is 2.32. The van der Waals surface area contributed by atoms with Crippen molar-refractivity contribution in [3.05, 3.63) is 35.4 Å². The number of carboxylic acids is 1. The Morgan fingerprint density at radius 1 is 1.50 bits per heavy atom. The molecule has 86 valence electrons. The number of carboxylic acid groups (broad SMARTS) is 1. The molecule has 0 bridgehead atoms. The minimum Gasteiger partial charge on any atom is -0.480 e. The number of thioether (sulfide) groups is 1. The van der Waals surface area contributed by atoms with Crippen LogP contribution in [-0.4, -0.2) is 22.9 Å². The molecule has 0 amide bonds. The number of hydrogen-bond donors (Lipinski definition) is 2. The summed E-state index contributed by atoms with van der Waals surface area (Å²) in [7, 11) is 0. The standard InChI is InChI=1S/C10H9F2NO2S/c11-6-3-1-2-5(8(6)12)9-13-7(4-16-9)10(14)15/h1-3,7,9,13H,4H2,(H,14,15)/t7?,9-/m0/s1. The van der Waals surface area contributed by atoms with E-state index in [1.807, 2.05) is 0 Å². The van der Waals surface area contributed by atoms with Crippen LogP contribution in [0.1, 0.15) is 10.9 Å². The summed E-state index contributed by atoms with van der Waals surface area (Å²) in [5, 5.41) is 11.0. The maximum absolute atomic E-state index is 13.4. The van der Waals surface area contributed by atoms with Gasteiger partial charge in [0.2, 0.25) is 0 Å². The number of rotatable bonds is 2. The fourth-order valence-corrected chi connectivity index (χ4v) is 2.76. The third kappa shape index (κ3) is 2.03. The quantitative estimate of drug-likeness (QED) is 0.833. The van der Waals surface area contributed by atoms with Gasteiger partial charge in [-0.25, -0.2) is 8.78 Å². The minimum atomic E-state index is -0.980. The molecule has 1 unspecified atom stereocenters. The van der Waals surface area contributed by atoms with Gasteiger partial charge in [-0.2, -0.15) is 0 Å². The highest BCUT2D eigenvalue weighted by atomic mass is 32.2. The second-order valence-electron chi connectivity index (χ2n) is 3.41. The van der Waals surface area contributed by atoms with Gasteiger partial charge in [0.1, 0.15) is 6.04 Å². The van der Waals surface area contributed by atoms with Crippen LogP contribution in [0.15, 0.2) is 18.2 Å². The molecule has 3 nitrogen and oxygen atoms in total. The van der Waals surface area contributed by atoms with E-state index in [0.717, 1.165) is 6.07 Å². The second kappa shape index (κ2) is 4.39. The first kappa shape index (κ1) is 11.3. The predicted octanol–water partition coefficient (Wildman–Crippen LogP) is 1.75.